The fourth-order valence-corrected chi connectivity index (χ4v) is 2.17. The molecule has 0 aromatic heterocycles. The van der Waals surface area contributed by atoms with E-state index in [1.165, 1.54) is 23.1 Å². The van der Waals surface area contributed by atoms with Crippen molar-refractivity contribution in [3.05, 3.63) is 28.3 Å². The molecule has 2 amide bonds. The van der Waals surface area contributed by atoms with E-state index in [1.54, 1.807) is 0 Å². The van der Waals surface area contributed by atoms with Crippen molar-refractivity contribution in [3.63, 3.8) is 0 Å². The summed E-state index contributed by atoms with van der Waals surface area (Å²) in [4.78, 5) is 35.5. The van der Waals surface area contributed by atoms with Crippen molar-refractivity contribution in [2.45, 2.75) is 6.42 Å². The summed E-state index contributed by atoms with van der Waals surface area (Å²) in [6.07, 6.45) is 0.765. The molecular formula is C14H19ClN4O5. The molecule has 0 fully saturated rings. The van der Waals surface area contributed by atoms with Crippen molar-refractivity contribution in [2.75, 3.05) is 38.2 Å². The van der Waals surface area contributed by atoms with Crippen LogP contribution in [0.3, 0.4) is 0 Å². The number of ether oxygens (including phenoxy) is 1. The number of nitrogens with zero attached hydrogens (tertiary/aromatic N) is 2. The number of hydrogen-bond acceptors (Lipinski definition) is 6. The van der Waals surface area contributed by atoms with Crippen LogP contribution in [-0.4, -0.2) is 50.0 Å². The van der Waals surface area contributed by atoms with Gasteiger partial charge in [-0.15, -0.1) is 12.4 Å². The number of rotatable bonds is 7. The van der Waals surface area contributed by atoms with Gasteiger partial charge in [-0.3, -0.25) is 24.6 Å². The summed E-state index contributed by atoms with van der Waals surface area (Å²) in [6.45, 7) is 0.861. The molecule has 24 heavy (non-hydrogen) atoms. The molecule has 1 aromatic rings. The van der Waals surface area contributed by atoms with Gasteiger partial charge >= 0.3 is 0 Å². The van der Waals surface area contributed by atoms with E-state index in [4.69, 9.17) is 4.74 Å². The van der Waals surface area contributed by atoms with E-state index in [-0.39, 0.29) is 42.8 Å². The van der Waals surface area contributed by atoms with Gasteiger partial charge in [0.25, 0.3) is 11.6 Å². The summed E-state index contributed by atoms with van der Waals surface area (Å²) in [6, 6.07) is 3.96. The number of anilines is 1. The first kappa shape index (κ1) is 19.7. The second-order valence-corrected chi connectivity index (χ2v) is 4.98. The van der Waals surface area contributed by atoms with Crippen LogP contribution in [0.25, 0.3) is 0 Å². The Bertz CT molecular complexity index is 625. The van der Waals surface area contributed by atoms with E-state index in [0.29, 0.717) is 12.3 Å². The molecular weight excluding hydrogens is 340 g/mol. The van der Waals surface area contributed by atoms with Crippen molar-refractivity contribution in [2.24, 2.45) is 0 Å². The van der Waals surface area contributed by atoms with E-state index in [0.717, 1.165) is 13.0 Å². The molecule has 1 heterocycles. The predicted octanol–water partition coefficient (Wildman–Crippen LogP) is 0.468. The molecule has 0 bridgehead atoms. The second kappa shape index (κ2) is 9.04. The van der Waals surface area contributed by atoms with Crippen LogP contribution < -0.4 is 20.3 Å². The summed E-state index contributed by atoms with van der Waals surface area (Å²) >= 11 is 0. The SMILES string of the molecule is CNCCCNC(=O)CN1C(=O)COc2ccc([N+](=O)[O-])cc21.Cl. The van der Waals surface area contributed by atoms with Gasteiger partial charge in [-0.2, -0.15) is 0 Å². The molecule has 0 radical (unpaired) electrons. The topological polar surface area (TPSA) is 114 Å². The van der Waals surface area contributed by atoms with Crippen molar-refractivity contribution in [1.82, 2.24) is 10.6 Å². The lowest BCUT2D eigenvalue weighted by Gasteiger charge is -2.28. The maximum atomic E-state index is 12.0. The summed E-state index contributed by atoms with van der Waals surface area (Å²) in [7, 11) is 1.82. The van der Waals surface area contributed by atoms with Gasteiger partial charge in [0.2, 0.25) is 5.91 Å². The molecule has 1 aliphatic heterocycles. The van der Waals surface area contributed by atoms with Crippen LogP contribution in [0.1, 0.15) is 6.42 Å². The normalized spacial score (nSPS) is 12.7. The first-order valence-corrected chi connectivity index (χ1v) is 7.16. The van der Waals surface area contributed by atoms with Crippen molar-refractivity contribution in [1.29, 1.82) is 0 Å². The first-order valence-electron chi connectivity index (χ1n) is 7.16. The zero-order chi connectivity index (χ0) is 16.8. The largest absolute Gasteiger partial charge is 0.482 e. The lowest BCUT2D eigenvalue weighted by Crippen LogP contribution is -2.45. The average Bonchev–Trinajstić information content (AvgIpc) is 2.53. The number of nitro benzene ring substituents is 1. The molecule has 9 nitrogen and oxygen atoms in total. The molecule has 0 spiro atoms. The summed E-state index contributed by atoms with van der Waals surface area (Å²) in [5.41, 5.74) is 0.0716. The van der Waals surface area contributed by atoms with Crippen LogP contribution in [0.15, 0.2) is 18.2 Å². The highest BCUT2D eigenvalue weighted by molar-refractivity contribution is 6.02. The molecule has 0 atom stereocenters. The van der Waals surface area contributed by atoms with E-state index in [9.17, 15) is 19.7 Å². The molecule has 132 valence electrons. The van der Waals surface area contributed by atoms with Gasteiger partial charge in [0.05, 0.1) is 10.6 Å². The average molecular weight is 359 g/mol. The third-order valence-corrected chi connectivity index (χ3v) is 3.32. The van der Waals surface area contributed by atoms with E-state index in [2.05, 4.69) is 10.6 Å². The number of carbonyl (C=O) groups excluding carboxylic acids is 2. The quantitative estimate of drug-likeness (QED) is 0.416. The highest BCUT2D eigenvalue weighted by Crippen LogP contribution is 2.34. The maximum absolute atomic E-state index is 12.0. The Labute approximate surface area is 144 Å². The molecule has 2 N–H and O–H groups in total. The van der Waals surface area contributed by atoms with Crippen molar-refractivity contribution >= 4 is 35.6 Å². The Morgan fingerprint density at radius 2 is 2.17 bits per heavy atom. The summed E-state index contributed by atoms with van der Waals surface area (Å²) < 4.78 is 5.24. The van der Waals surface area contributed by atoms with E-state index < -0.39 is 10.8 Å². The van der Waals surface area contributed by atoms with Gasteiger partial charge in [0.1, 0.15) is 12.3 Å². The predicted molar refractivity (Wildman–Crippen MR) is 89.7 cm³/mol. The van der Waals surface area contributed by atoms with E-state index >= 15 is 0 Å². The smallest absolute Gasteiger partial charge is 0.271 e. The molecule has 0 aliphatic carbocycles. The van der Waals surface area contributed by atoms with Gasteiger partial charge in [0, 0.05) is 18.7 Å². The number of benzene rings is 1. The standard InChI is InChI=1S/C14H18N4O5.ClH/c1-15-5-2-6-16-13(19)8-17-11-7-10(18(21)22)3-4-12(11)23-9-14(17)20;/h3-4,7,15H,2,5-6,8-9H2,1H3,(H,16,19);1H. The Morgan fingerprint density at radius 3 is 2.83 bits per heavy atom. The van der Waals surface area contributed by atoms with Crippen LogP contribution in [-0.2, 0) is 9.59 Å². The summed E-state index contributed by atoms with van der Waals surface area (Å²) in [5, 5.41) is 16.5. The van der Waals surface area contributed by atoms with Gasteiger partial charge in [0.15, 0.2) is 6.61 Å². The van der Waals surface area contributed by atoms with Crippen LogP contribution >= 0.6 is 12.4 Å². The molecule has 1 aliphatic rings. The maximum Gasteiger partial charge on any atom is 0.271 e. The van der Waals surface area contributed by atoms with E-state index in [1.807, 2.05) is 7.05 Å². The minimum atomic E-state index is -0.560. The number of halogens is 1. The fraction of sp³-hybridized carbons (Fsp3) is 0.429. The van der Waals surface area contributed by atoms with Gasteiger partial charge < -0.3 is 15.4 Å². The van der Waals surface area contributed by atoms with Crippen LogP contribution in [0.4, 0.5) is 11.4 Å². The number of carbonyl (C=O) groups is 2. The fourth-order valence-electron chi connectivity index (χ4n) is 2.17. The minimum Gasteiger partial charge on any atom is -0.482 e. The van der Waals surface area contributed by atoms with Crippen LogP contribution in [0.2, 0.25) is 0 Å². The van der Waals surface area contributed by atoms with Crippen LogP contribution in [0.5, 0.6) is 5.75 Å². The number of amides is 2. The monoisotopic (exact) mass is 358 g/mol. The van der Waals surface area contributed by atoms with Gasteiger partial charge in [-0.25, -0.2) is 0 Å². The first-order chi connectivity index (χ1) is 11.0. The lowest BCUT2D eigenvalue weighted by molar-refractivity contribution is -0.384. The lowest BCUT2D eigenvalue weighted by atomic mass is 10.2. The highest BCUT2D eigenvalue weighted by Gasteiger charge is 2.29. The molecule has 2 rings (SSSR count). The number of fused-ring (bicyclic) bond motifs is 1. The molecule has 10 heteroatoms. The molecule has 1 aromatic carbocycles. The molecule has 0 saturated heterocycles. The Morgan fingerprint density at radius 1 is 1.42 bits per heavy atom. The van der Waals surface area contributed by atoms with Crippen molar-refractivity contribution in [3.8, 4) is 5.75 Å². The zero-order valence-electron chi connectivity index (χ0n) is 13.1. The molecule has 0 unspecified atom stereocenters. The van der Waals surface area contributed by atoms with Crippen molar-refractivity contribution < 1.29 is 19.2 Å². The number of nitro groups is 1. The number of hydrogen-bond donors (Lipinski definition) is 2. The van der Waals surface area contributed by atoms with Gasteiger partial charge in [-0.1, -0.05) is 0 Å². The third-order valence-electron chi connectivity index (χ3n) is 3.32. The highest BCUT2D eigenvalue weighted by atomic mass is 35.5. The number of nitrogens with one attached hydrogen (secondary N) is 2. The van der Waals surface area contributed by atoms with Gasteiger partial charge in [-0.05, 0) is 26.1 Å². The summed E-state index contributed by atoms with van der Waals surface area (Å²) in [5.74, 6) is -0.393. The van der Waals surface area contributed by atoms with Crippen LogP contribution in [0, 0.1) is 10.1 Å². The zero-order valence-corrected chi connectivity index (χ0v) is 13.9. The second-order valence-electron chi connectivity index (χ2n) is 4.98. The number of non-ortho nitro benzene ring substituents is 1. The minimum absolute atomic E-state index is 0. The Kier molecular flexibility index (Phi) is 7.40. The molecule has 0 saturated carbocycles. The Balaban J connectivity index is 0.00000288. The Hall–Kier alpha value is -2.39. The third kappa shape index (κ3) is 4.80.